The number of hydrogen-bond donors (Lipinski definition) is 1. The third kappa shape index (κ3) is 1.90. The van der Waals surface area contributed by atoms with Crippen molar-refractivity contribution < 1.29 is 9.84 Å². The Labute approximate surface area is 84.5 Å². The maximum atomic E-state index is 9.80. The van der Waals surface area contributed by atoms with Crippen molar-refractivity contribution in [1.29, 1.82) is 0 Å². The molecule has 2 nitrogen and oxygen atoms in total. The van der Waals surface area contributed by atoms with Gasteiger partial charge in [0.25, 0.3) is 0 Å². The predicted octanol–water partition coefficient (Wildman–Crippen LogP) is 2.07. The standard InChI is InChI=1S/C12H16O2/c1-9-7-11(14-2)4-3-10(9)8-12(13)5-6-12/h3-4,7,13H,5-6,8H2,1-2H3. The van der Waals surface area contributed by atoms with E-state index >= 15 is 0 Å². The minimum atomic E-state index is -0.403. The van der Waals surface area contributed by atoms with Gasteiger partial charge in [-0.2, -0.15) is 0 Å². The molecule has 1 aromatic carbocycles. The molecule has 0 radical (unpaired) electrons. The van der Waals surface area contributed by atoms with Crippen LogP contribution in [0.1, 0.15) is 24.0 Å². The Morgan fingerprint density at radius 2 is 2.14 bits per heavy atom. The Balaban J connectivity index is 2.17. The number of aryl methyl sites for hydroxylation is 1. The van der Waals surface area contributed by atoms with Gasteiger partial charge in [-0.1, -0.05) is 6.07 Å². The smallest absolute Gasteiger partial charge is 0.119 e. The van der Waals surface area contributed by atoms with Gasteiger partial charge in [-0.25, -0.2) is 0 Å². The van der Waals surface area contributed by atoms with Gasteiger partial charge in [-0.05, 0) is 43.0 Å². The minimum absolute atomic E-state index is 0.403. The number of methoxy groups -OCH3 is 1. The summed E-state index contributed by atoms with van der Waals surface area (Å²) in [5.74, 6) is 0.883. The van der Waals surface area contributed by atoms with Crippen LogP contribution in [-0.4, -0.2) is 17.8 Å². The lowest BCUT2D eigenvalue weighted by Crippen LogP contribution is -2.11. The zero-order chi connectivity index (χ0) is 10.2. The molecule has 1 N–H and O–H groups in total. The van der Waals surface area contributed by atoms with Crippen LogP contribution in [0.3, 0.4) is 0 Å². The summed E-state index contributed by atoms with van der Waals surface area (Å²) in [6, 6.07) is 6.01. The summed E-state index contributed by atoms with van der Waals surface area (Å²) in [7, 11) is 1.67. The first-order valence-electron chi connectivity index (χ1n) is 4.99. The third-order valence-electron chi connectivity index (χ3n) is 2.90. The molecule has 1 aliphatic rings. The maximum absolute atomic E-state index is 9.80. The van der Waals surface area contributed by atoms with Crippen molar-refractivity contribution in [2.24, 2.45) is 0 Å². The number of benzene rings is 1. The fourth-order valence-corrected chi connectivity index (χ4v) is 1.67. The summed E-state index contributed by atoms with van der Waals surface area (Å²) in [5, 5.41) is 9.80. The van der Waals surface area contributed by atoms with Gasteiger partial charge >= 0.3 is 0 Å². The molecule has 1 aromatic rings. The van der Waals surface area contributed by atoms with Gasteiger partial charge in [0.2, 0.25) is 0 Å². The van der Waals surface area contributed by atoms with E-state index in [-0.39, 0.29) is 0 Å². The van der Waals surface area contributed by atoms with E-state index in [1.807, 2.05) is 18.2 Å². The van der Waals surface area contributed by atoms with E-state index in [2.05, 4.69) is 6.92 Å². The first kappa shape index (κ1) is 9.53. The third-order valence-corrected chi connectivity index (χ3v) is 2.90. The highest BCUT2D eigenvalue weighted by Gasteiger charge is 2.40. The molecule has 0 spiro atoms. The lowest BCUT2D eigenvalue weighted by molar-refractivity contribution is 0.150. The number of ether oxygens (including phenoxy) is 1. The molecular weight excluding hydrogens is 176 g/mol. The fourth-order valence-electron chi connectivity index (χ4n) is 1.67. The van der Waals surface area contributed by atoms with Crippen LogP contribution in [0.5, 0.6) is 5.75 Å². The summed E-state index contributed by atoms with van der Waals surface area (Å²) in [6.45, 7) is 2.06. The van der Waals surface area contributed by atoms with Crippen LogP contribution in [0.2, 0.25) is 0 Å². The topological polar surface area (TPSA) is 29.5 Å². The Morgan fingerprint density at radius 1 is 1.43 bits per heavy atom. The zero-order valence-electron chi connectivity index (χ0n) is 8.71. The molecule has 0 amide bonds. The lowest BCUT2D eigenvalue weighted by atomic mass is 10.0. The van der Waals surface area contributed by atoms with Crippen molar-refractivity contribution in [3.63, 3.8) is 0 Å². The molecule has 1 aliphatic carbocycles. The molecule has 76 valence electrons. The monoisotopic (exact) mass is 192 g/mol. The molecular formula is C12H16O2. The van der Waals surface area contributed by atoms with Crippen molar-refractivity contribution in [1.82, 2.24) is 0 Å². The van der Waals surface area contributed by atoms with Crippen LogP contribution < -0.4 is 4.74 Å². The second-order valence-electron chi connectivity index (χ2n) is 4.19. The highest BCUT2D eigenvalue weighted by Crippen LogP contribution is 2.39. The fraction of sp³-hybridized carbons (Fsp3) is 0.500. The van der Waals surface area contributed by atoms with E-state index in [0.717, 1.165) is 25.0 Å². The summed E-state index contributed by atoms with van der Waals surface area (Å²) in [6.07, 6.45) is 2.67. The van der Waals surface area contributed by atoms with Crippen LogP contribution in [0.25, 0.3) is 0 Å². The van der Waals surface area contributed by atoms with E-state index in [1.54, 1.807) is 7.11 Å². The number of aliphatic hydroxyl groups is 1. The van der Waals surface area contributed by atoms with Crippen molar-refractivity contribution >= 4 is 0 Å². The van der Waals surface area contributed by atoms with Crippen molar-refractivity contribution in [2.75, 3.05) is 7.11 Å². The molecule has 1 fully saturated rings. The van der Waals surface area contributed by atoms with E-state index in [4.69, 9.17) is 4.74 Å². The predicted molar refractivity (Wildman–Crippen MR) is 55.6 cm³/mol. The molecule has 0 aromatic heterocycles. The first-order valence-corrected chi connectivity index (χ1v) is 4.99. The number of hydrogen-bond acceptors (Lipinski definition) is 2. The Hall–Kier alpha value is -1.02. The molecule has 0 unspecified atom stereocenters. The minimum Gasteiger partial charge on any atom is -0.497 e. The van der Waals surface area contributed by atoms with Gasteiger partial charge < -0.3 is 9.84 Å². The Morgan fingerprint density at radius 3 is 2.64 bits per heavy atom. The molecule has 0 aliphatic heterocycles. The van der Waals surface area contributed by atoms with Crippen LogP contribution >= 0.6 is 0 Å². The van der Waals surface area contributed by atoms with Gasteiger partial charge in [0, 0.05) is 6.42 Å². The summed E-state index contributed by atoms with van der Waals surface area (Å²) >= 11 is 0. The molecule has 0 heterocycles. The van der Waals surface area contributed by atoms with E-state index in [0.29, 0.717) is 0 Å². The number of rotatable bonds is 3. The quantitative estimate of drug-likeness (QED) is 0.794. The summed E-state index contributed by atoms with van der Waals surface area (Å²) < 4.78 is 5.13. The van der Waals surface area contributed by atoms with Gasteiger partial charge in [0.05, 0.1) is 12.7 Å². The van der Waals surface area contributed by atoms with Gasteiger partial charge in [-0.15, -0.1) is 0 Å². The Kier molecular flexibility index (Phi) is 2.23. The van der Waals surface area contributed by atoms with Crippen LogP contribution in [0.4, 0.5) is 0 Å². The molecule has 2 heteroatoms. The molecule has 0 saturated heterocycles. The SMILES string of the molecule is COc1ccc(CC2(O)CC2)c(C)c1. The second kappa shape index (κ2) is 3.28. The van der Waals surface area contributed by atoms with E-state index in [9.17, 15) is 5.11 Å². The zero-order valence-corrected chi connectivity index (χ0v) is 8.71. The van der Waals surface area contributed by atoms with E-state index in [1.165, 1.54) is 11.1 Å². The van der Waals surface area contributed by atoms with Crippen molar-refractivity contribution in [3.8, 4) is 5.75 Å². The highest BCUT2D eigenvalue weighted by atomic mass is 16.5. The van der Waals surface area contributed by atoms with Crippen LogP contribution in [0, 0.1) is 6.92 Å². The van der Waals surface area contributed by atoms with Crippen molar-refractivity contribution in [2.45, 2.75) is 31.8 Å². The van der Waals surface area contributed by atoms with Crippen LogP contribution in [-0.2, 0) is 6.42 Å². The average Bonchev–Trinajstić information content (AvgIpc) is 2.88. The lowest BCUT2D eigenvalue weighted by Gasteiger charge is -2.11. The Bertz CT molecular complexity index is 340. The van der Waals surface area contributed by atoms with Gasteiger partial charge in [0.1, 0.15) is 5.75 Å². The second-order valence-corrected chi connectivity index (χ2v) is 4.19. The first-order chi connectivity index (χ1) is 6.63. The molecule has 0 atom stereocenters. The van der Waals surface area contributed by atoms with Gasteiger partial charge in [-0.3, -0.25) is 0 Å². The molecule has 1 saturated carbocycles. The normalized spacial score (nSPS) is 17.9. The van der Waals surface area contributed by atoms with Crippen LogP contribution in [0.15, 0.2) is 18.2 Å². The largest absolute Gasteiger partial charge is 0.497 e. The van der Waals surface area contributed by atoms with Gasteiger partial charge in [0.15, 0.2) is 0 Å². The summed E-state index contributed by atoms with van der Waals surface area (Å²) in [5.41, 5.74) is 2.02. The van der Waals surface area contributed by atoms with Crippen molar-refractivity contribution in [3.05, 3.63) is 29.3 Å². The molecule has 2 rings (SSSR count). The average molecular weight is 192 g/mol. The molecule has 14 heavy (non-hydrogen) atoms. The molecule has 0 bridgehead atoms. The maximum Gasteiger partial charge on any atom is 0.119 e. The highest BCUT2D eigenvalue weighted by molar-refractivity contribution is 5.36. The summed E-state index contributed by atoms with van der Waals surface area (Å²) in [4.78, 5) is 0. The van der Waals surface area contributed by atoms with E-state index < -0.39 is 5.60 Å².